The third-order valence-corrected chi connectivity index (χ3v) is 6.50. The summed E-state index contributed by atoms with van der Waals surface area (Å²) in [5.41, 5.74) is 0.406. The minimum atomic E-state index is -3.71. The van der Waals surface area contributed by atoms with Crippen LogP contribution >= 0.6 is 27.3 Å². The molecule has 0 bridgehead atoms. The topological polar surface area (TPSA) is 87.6 Å². The number of thiophene rings is 1. The molecule has 1 aromatic carbocycles. The molecule has 1 aromatic heterocycles. The Morgan fingerprint density at radius 2 is 2.12 bits per heavy atom. The second-order valence-corrected chi connectivity index (χ2v) is 9.71. The maximum absolute atomic E-state index is 12.4. The smallest absolute Gasteiger partial charge is 0.262 e. The van der Waals surface area contributed by atoms with E-state index in [-0.39, 0.29) is 10.8 Å². The molecular weight excluding hydrogens is 438 g/mol. The lowest BCUT2D eigenvalue weighted by molar-refractivity contribution is -0.111. The fraction of sp³-hybridized carbons (Fsp3) is 0.176. The first-order valence-corrected chi connectivity index (χ1v) is 10.9. The quantitative estimate of drug-likeness (QED) is 0.677. The maximum Gasteiger partial charge on any atom is 0.262 e. The van der Waals surface area contributed by atoms with Crippen molar-refractivity contribution in [1.82, 2.24) is 4.72 Å². The van der Waals surface area contributed by atoms with Crippen LogP contribution in [0.5, 0.6) is 0 Å². The molecule has 1 aliphatic rings. The van der Waals surface area contributed by atoms with E-state index in [1.807, 2.05) is 12.1 Å². The van der Waals surface area contributed by atoms with Gasteiger partial charge in [0.15, 0.2) is 0 Å². The molecule has 0 spiro atoms. The standard InChI is InChI=1S/C17H16BrN3O3S2/c18-15-8-6-13(25-15)7-9-17(22)20-12-3-1-4-14(11-12)26(23,24)21-16-5-2-10-19-16/h1,3-4,6-9,11H,2,5,10H2,(H,19,21)(H,20,22). The van der Waals surface area contributed by atoms with Gasteiger partial charge < -0.3 is 5.32 Å². The predicted octanol–water partition coefficient (Wildman–Crippen LogP) is 3.63. The molecule has 9 heteroatoms. The van der Waals surface area contributed by atoms with Gasteiger partial charge in [0, 0.05) is 29.6 Å². The van der Waals surface area contributed by atoms with Crippen molar-refractivity contribution in [3.05, 3.63) is 51.1 Å². The summed E-state index contributed by atoms with van der Waals surface area (Å²) in [6, 6.07) is 9.92. The minimum Gasteiger partial charge on any atom is -0.322 e. The summed E-state index contributed by atoms with van der Waals surface area (Å²) in [5.74, 6) is 0.140. The molecule has 3 rings (SSSR count). The molecule has 26 heavy (non-hydrogen) atoms. The Morgan fingerprint density at radius 3 is 2.81 bits per heavy atom. The average Bonchev–Trinajstić information content (AvgIpc) is 3.24. The van der Waals surface area contributed by atoms with E-state index in [9.17, 15) is 13.2 Å². The number of anilines is 1. The third kappa shape index (κ3) is 5.03. The highest BCUT2D eigenvalue weighted by molar-refractivity contribution is 9.11. The van der Waals surface area contributed by atoms with E-state index in [0.29, 0.717) is 24.5 Å². The maximum atomic E-state index is 12.4. The van der Waals surface area contributed by atoms with Gasteiger partial charge in [-0.15, -0.1) is 11.3 Å². The number of benzene rings is 1. The van der Waals surface area contributed by atoms with Crippen LogP contribution in [-0.2, 0) is 14.8 Å². The number of hydrogen-bond acceptors (Lipinski definition) is 5. The zero-order valence-corrected chi connectivity index (χ0v) is 16.8. The number of nitrogens with one attached hydrogen (secondary N) is 2. The van der Waals surface area contributed by atoms with Gasteiger partial charge in [0.1, 0.15) is 5.84 Å². The van der Waals surface area contributed by atoms with Crippen LogP contribution in [-0.4, -0.2) is 26.7 Å². The molecular formula is C17H16BrN3O3S2. The van der Waals surface area contributed by atoms with Crippen molar-refractivity contribution in [1.29, 1.82) is 0 Å². The Labute approximate surface area is 164 Å². The normalized spacial score (nSPS) is 14.4. The lowest BCUT2D eigenvalue weighted by atomic mass is 10.3. The van der Waals surface area contributed by atoms with Gasteiger partial charge in [0.05, 0.1) is 8.68 Å². The van der Waals surface area contributed by atoms with Gasteiger partial charge in [-0.05, 0) is 58.8 Å². The summed E-state index contributed by atoms with van der Waals surface area (Å²) in [6.07, 6.45) is 4.58. The van der Waals surface area contributed by atoms with Gasteiger partial charge >= 0.3 is 0 Å². The van der Waals surface area contributed by atoms with E-state index in [2.05, 4.69) is 31.0 Å². The second kappa shape index (κ2) is 8.15. The summed E-state index contributed by atoms with van der Waals surface area (Å²) in [7, 11) is -3.71. The lowest BCUT2D eigenvalue weighted by Gasteiger charge is -2.09. The van der Waals surface area contributed by atoms with Crippen LogP contribution in [0, 0.1) is 0 Å². The van der Waals surface area contributed by atoms with E-state index in [0.717, 1.165) is 15.1 Å². The number of aliphatic imine (C=N–C) groups is 1. The molecule has 2 aromatic rings. The van der Waals surface area contributed by atoms with E-state index in [1.165, 1.54) is 29.5 Å². The van der Waals surface area contributed by atoms with Gasteiger partial charge in [0.2, 0.25) is 5.91 Å². The van der Waals surface area contributed by atoms with Crippen LogP contribution < -0.4 is 10.0 Å². The van der Waals surface area contributed by atoms with Gasteiger partial charge in [-0.25, -0.2) is 8.42 Å². The molecule has 6 nitrogen and oxygen atoms in total. The SMILES string of the molecule is O=C(C=Cc1ccc(Br)s1)Nc1cccc(S(=O)(=O)NC2=NCCC2)c1. The Hall–Kier alpha value is -1.97. The highest BCUT2D eigenvalue weighted by Gasteiger charge is 2.18. The molecule has 0 atom stereocenters. The fourth-order valence-corrected chi connectivity index (χ4v) is 4.80. The molecule has 0 radical (unpaired) electrons. The van der Waals surface area contributed by atoms with Crippen molar-refractivity contribution in [3.8, 4) is 0 Å². The van der Waals surface area contributed by atoms with Crippen LogP contribution in [0.25, 0.3) is 6.08 Å². The Kier molecular flexibility index (Phi) is 5.90. The molecule has 0 unspecified atom stereocenters. The third-order valence-electron chi connectivity index (χ3n) is 3.53. The Balaban J connectivity index is 1.68. The molecule has 0 saturated heterocycles. The van der Waals surface area contributed by atoms with Crippen LogP contribution in [0.15, 0.2) is 56.1 Å². The Bertz CT molecular complexity index is 981. The monoisotopic (exact) mass is 453 g/mol. The van der Waals surface area contributed by atoms with Crippen molar-refractivity contribution in [2.75, 3.05) is 11.9 Å². The summed E-state index contributed by atoms with van der Waals surface area (Å²) >= 11 is 4.87. The number of carbonyl (C=O) groups is 1. The van der Waals surface area contributed by atoms with Crippen molar-refractivity contribution < 1.29 is 13.2 Å². The average molecular weight is 454 g/mol. The highest BCUT2D eigenvalue weighted by atomic mass is 79.9. The second-order valence-electron chi connectivity index (χ2n) is 5.53. The van der Waals surface area contributed by atoms with Gasteiger partial charge in [-0.3, -0.25) is 14.5 Å². The number of carbonyl (C=O) groups excluding carboxylic acids is 1. The highest BCUT2D eigenvalue weighted by Crippen LogP contribution is 2.23. The first-order chi connectivity index (χ1) is 12.4. The molecule has 0 fully saturated rings. The molecule has 0 aliphatic carbocycles. The summed E-state index contributed by atoms with van der Waals surface area (Å²) < 4.78 is 28.3. The first kappa shape index (κ1) is 18.8. The van der Waals surface area contributed by atoms with E-state index in [1.54, 1.807) is 18.2 Å². The molecule has 2 heterocycles. The van der Waals surface area contributed by atoms with Crippen molar-refractivity contribution in [2.45, 2.75) is 17.7 Å². The van der Waals surface area contributed by atoms with Crippen LogP contribution in [0.1, 0.15) is 17.7 Å². The molecule has 1 aliphatic heterocycles. The summed E-state index contributed by atoms with van der Waals surface area (Å²) in [6.45, 7) is 0.640. The zero-order chi connectivity index (χ0) is 18.6. The minimum absolute atomic E-state index is 0.0797. The van der Waals surface area contributed by atoms with Crippen molar-refractivity contribution >= 4 is 60.8 Å². The largest absolute Gasteiger partial charge is 0.322 e. The van der Waals surface area contributed by atoms with Gasteiger partial charge in [-0.1, -0.05) is 6.07 Å². The number of hydrogen-bond donors (Lipinski definition) is 2. The van der Waals surface area contributed by atoms with Crippen LogP contribution in [0.4, 0.5) is 5.69 Å². The molecule has 0 saturated carbocycles. The fourth-order valence-electron chi connectivity index (χ4n) is 2.34. The van der Waals surface area contributed by atoms with Crippen LogP contribution in [0.3, 0.4) is 0 Å². The molecule has 1 amide bonds. The van der Waals surface area contributed by atoms with E-state index < -0.39 is 10.0 Å². The van der Waals surface area contributed by atoms with Gasteiger partial charge in [0.25, 0.3) is 10.0 Å². The number of nitrogens with zero attached hydrogens (tertiary/aromatic N) is 1. The molecule has 2 N–H and O–H groups in total. The number of rotatable bonds is 5. The number of amidine groups is 1. The number of halogens is 1. The predicted molar refractivity (Wildman–Crippen MR) is 108 cm³/mol. The molecule has 136 valence electrons. The summed E-state index contributed by atoms with van der Waals surface area (Å²) in [5, 5.41) is 2.67. The van der Waals surface area contributed by atoms with Crippen LogP contribution in [0.2, 0.25) is 0 Å². The van der Waals surface area contributed by atoms with E-state index in [4.69, 9.17) is 0 Å². The zero-order valence-electron chi connectivity index (χ0n) is 13.6. The van der Waals surface area contributed by atoms with E-state index >= 15 is 0 Å². The number of amides is 1. The van der Waals surface area contributed by atoms with Crippen molar-refractivity contribution in [2.24, 2.45) is 4.99 Å². The Morgan fingerprint density at radius 1 is 1.27 bits per heavy atom. The van der Waals surface area contributed by atoms with Gasteiger partial charge in [-0.2, -0.15) is 0 Å². The lowest BCUT2D eigenvalue weighted by Crippen LogP contribution is -2.29. The number of sulfonamides is 1. The van der Waals surface area contributed by atoms with Crippen molar-refractivity contribution in [3.63, 3.8) is 0 Å². The summed E-state index contributed by atoms with van der Waals surface area (Å²) in [4.78, 5) is 17.2. The first-order valence-electron chi connectivity index (χ1n) is 7.83.